The summed E-state index contributed by atoms with van der Waals surface area (Å²) in [6.07, 6.45) is -3.97. The van der Waals surface area contributed by atoms with E-state index in [0.717, 1.165) is 12.1 Å². The predicted molar refractivity (Wildman–Crippen MR) is 88.9 cm³/mol. The standard InChI is InChI=1S/C18H26F3NO2/c1-11(2)7-15(16(23)24-17(4,5)6)22-14-9-12(3)8-13(10-14)18(19,20)21/h8-11,15,22H,7H2,1-6H3/t15-/m0/s1. The summed E-state index contributed by atoms with van der Waals surface area (Å²) >= 11 is 0. The molecule has 0 aliphatic carbocycles. The Balaban J connectivity index is 3.06. The quantitative estimate of drug-likeness (QED) is 0.747. The second-order valence-corrected chi connectivity index (χ2v) is 7.45. The van der Waals surface area contributed by atoms with Crippen molar-refractivity contribution in [1.29, 1.82) is 0 Å². The van der Waals surface area contributed by atoms with E-state index >= 15 is 0 Å². The van der Waals surface area contributed by atoms with Gasteiger partial charge in [-0.2, -0.15) is 13.2 Å². The van der Waals surface area contributed by atoms with Crippen molar-refractivity contribution in [3.8, 4) is 0 Å². The Labute approximate surface area is 141 Å². The second-order valence-electron chi connectivity index (χ2n) is 7.45. The lowest BCUT2D eigenvalue weighted by Crippen LogP contribution is -2.37. The minimum Gasteiger partial charge on any atom is -0.458 e. The number of carbonyl (C=O) groups excluding carboxylic acids is 1. The van der Waals surface area contributed by atoms with Crippen LogP contribution in [0.15, 0.2) is 18.2 Å². The Kier molecular flexibility index (Phi) is 6.31. The molecule has 0 fully saturated rings. The number of benzene rings is 1. The molecular weight excluding hydrogens is 319 g/mol. The third-order valence-electron chi connectivity index (χ3n) is 3.14. The number of ether oxygens (including phenoxy) is 1. The van der Waals surface area contributed by atoms with Crippen LogP contribution in [0, 0.1) is 12.8 Å². The van der Waals surface area contributed by atoms with Gasteiger partial charge in [0.2, 0.25) is 0 Å². The van der Waals surface area contributed by atoms with Crippen LogP contribution in [0.2, 0.25) is 0 Å². The number of carbonyl (C=O) groups is 1. The number of nitrogens with one attached hydrogen (secondary N) is 1. The summed E-state index contributed by atoms with van der Waals surface area (Å²) in [5.41, 5.74) is -0.659. The topological polar surface area (TPSA) is 38.3 Å². The third kappa shape index (κ3) is 6.81. The fourth-order valence-electron chi connectivity index (χ4n) is 2.29. The normalized spacial score (nSPS) is 13.8. The van der Waals surface area contributed by atoms with Crippen molar-refractivity contribution in [3.05, 3.63) is 29.3 Å². The van der Waals surface area contributed by atoms with Crippen molar-refractivity contribution in [2.45, 2.75) is 65.8 Å². The Morgan fingerprint density at radius 3 is 2.21 bits per heavy atom. The highest BCUT2D eigenvalue weighted by atomic mass is 19.4. The van der Waals surface area contributed by atoms with E-state index in [-0.39, 0.29) is 11.6 Å². The minimum atomic E-state index is -4.43. The summed E-state index contributed by atoms with van der Waals surface area (Å²) in [6.45, 7) is 10.7. The van der Waals surface area contributed by atoms with Crippen LogP contribution in [0.3, 0.4) is 0 Å². The van der Waals surface area contributed by atoms with Gasteiger partial charge in [-0.15, -0.1) is 0 Å². The van der Waals surface area contributed by atoms with Gasteiger partial charge in [0.15, 0.2) is 0 Å². The van der Waals surface area contributed by atoms with E-state index in [1.165, 1.54) is 0 Å². The third-order valence-corrected chi connectivity index (χ3v) is 3.14. The first kappa shape index (κ1) is 20.3. The van der Waals surface area contributed by atoms with Gasteiger partial charge in [-0.25, -0.2) is 4.79 Å². The summed E-state index contributed by atoms with van der Waals surface area (Å²) in [5, 5.41) is 2.91. The van der Waals surface area contributed by atoms with Crippen LogP contribution in [0.4, 0.5) is 18.9 Å². The van der Waals surface area contributed by atoms with Gasteiger partial charge in [0.1, 0.15) is 11.6 Å². The molecular formula is C18H26F3NO2. The molecule has 1 N–H and O–H groups in total. The maximum atomic E-state index is 13.0. The highest BCUT2D eigenvalue weighted by molar-refractivity contribution is 5.79. The molecule has 0 bridgehead atoms. The van der Waals surface area contributed by atoms with Crippen molar-refractivity contribution < 1.29 is 22.7 Å². The van der Waals surface area contributed by atoms with E-state index in [4.69, 9.17) is 4.74 Å². The lowest BCUT2D eigenvalue weighted by Gasteiger charge is -2.26. The van der Waals surface area contributed by atoms with E-state index in [0.29, 0.717) is 12.0 Å². The monoisotopic (exact) mass is 345 g/mol. The zero-order valence-electron chi connectivity index (χ0n) is 15.0. The van der Waals surface area contributed by atoms with Gasteiger partial charge in [-0.3, -0.25) is 0 Å². The lowest BCUT2D eigenvalue weighted by atomic mass is 10.0. The van der Waals surface area contributed by atoms with E-state index in [2.05, 4.69) is 5.32 Å². The fourth-order valence-corrected chi connectivity index (χ4v) is 2.29. The van der Waals surface area contributed by atoms with Gasteiger partial charge in [-0.1, -0.05) is 13.8 Å². The van der Waals surface area contributed by atoms with Crippen LogP contribution in [0.5, 0.6) is 0 Å². The summed E-state index contributed by atoms with van der Waals surface area (Å²) in [5.74, 6) is -0.284. The number of esters is 1. The molecule has 0 aromatic heterocycles. The summed E-state index contributed by atoms with van der Waals surface area (Å²) in [4.78, 5) is 12.4. The maximum Gasteiger partial charge on any atom is 0.416 e. The van der Waals surface area contributed by atoms with Gasteiger partial charge in [0.05, 0.1) is 5.56 Å². The average Bonchev–Trinajstić information content (AvgIpc) is 2.33. The first-order chi connectivity index (χ1) is 10.8. The molecule has 1 atom stereocenters. The SMILES string of the molecule is Cc1cc(N[C@@H](CC(C)C)C(=O)OC(C)(C)C)cc(C(F)(F)F)c1. The van der Waals surface area contributed by atoms with Gasteiger partial charge < -0.3 is 10.1 Å². The molecule has 1 aromatic carbocycles. The summed E-state index contributed by atoms with van der Waals surface area (Å²) in [7, 11) is 0. The molecule has 24 heavy (non-hydrogen) atoms. The molecule has 0 spiro atoms. The summed E-state index contributed by atoms with van der Waals surface area (Å²) < 4.78 is 44.2. The number of halogens is 3. The van der Waals surface area contributed by atoms with E-state index in [1.54, 1.807) is 33.8 Å². The zero-order chi connectivity index (χ0) is 18.7. The van der Waals surface area contributed by atoms with E-state index < -0.39 is 29.4 Å². The van der Waals surface area contributed by atoms with Gasteiger partial charge in [-0.05, 0) is 63.8 Å². The van der Waals surface area contributed by atoms with Gasteiger partial charge >= 0.3 is 12.1 Å². The molecule has 0 saturated heterocycles. The second kappa shape index (κ2) is 7.45. The minimum absolute atomic E-state index is 0.182. The number of anilines is 1. The molecule has 0 amide bonds. The molecule has 0 aliphatic rings. The number of hydrogen-bond acceptors (Lipinski definition) is 3. The van der Waals surface area contributed by atoms with Crippen molar-refractivity contribution in [2.24, 2.45) is 5.92 Å². The first-order valence-corrected chi connectivity index (χ1v) is 7.96. The van der Waals surface area contributed by atoms with Gasteiger partial charge in [0.25, 0.3) is 0 Å². The lowest BCUT2D eigenvalue weighted by molar-refractivity contribution is -0.156. The number of hydrogen-bond donors (Lipinski definition) is 1. The number of rotatable bonds is 5. The molecule has 6 heteroatoms. The highest BCUT2D eigenvalue weighted by Gasteiger charge is 2.32. The average molecular weight is 345 g/mol. The molecule has 0 unspecified atom stereocenters. The van der Waals surface area contributed by atoms with E-state index in [9.17, 15) is 18.0 Å². The van der Waals surface area contributed by atoms with Crippen LogP contribution in [0.1, 0.15) is 52.2 Å². The van der Waals surface area contributed by atoms with Crippen LogP contribution >= 0.6 is 0 Å². The van der Waals surface area contributed by atoms with Crippen molar-refractivity contribution in [1.82, 2.24) is 0 Å². The molecule has 136 valence electrons. The summed E-state index contributed by atoms with van der Waals surface area (Å²) in [6, 6.07) is 2.99. The van der Waals surface area contributed by atoms with Crippen molar-refractivity contribution in [3.63, 3.8) is 0 Å². The molecule has 0 saturated carbocycles. The van der Waals surface area contributed by atoms with Gasteiger partial charge in [0, 0.05) is 5.69 Å². The van der Waals surface area contributed by atoms with Crippen LogP contribution < -0.4 is 5.32 Å². The Hall–Kier alpha value is -1.72. The molecule has 1 rings (SSSR count). The molecule has 0 radical (unpaired) electrons. The Morgan fingerprint density at radius 2 is 1.75 bits per heavy atom. The largest absolute Gasteiger partial charge is 0.458 e. The predicted octanol–water partition coefficient (Wildman–Crippen LogP) is 5.18. The molecule has 1 aromatic rings. The number of alkyl halides is 3. The first-order valence-electron chi connectivity index (χ1n) is 7.96. The highest BCUT2D eigenvalue weighted by Crippen LogP contribution is 2.32. The van der Waals surface area contributed by atoms with Crippen molar-refractivity contribution >= 4 is 11.7 Å². The fraction of sp³-hybridized carbons (Fsp3) is 0.611. The zero-order valence-corrected chi connectivity index (χ0v) is 15.0. The Morgan fingerprint density at radius 1 is 1.17 bits per heavy atom. The molecule has 3 nitrogen and oxygen atoms in total. The number of aryl methyl sites for hydroxylation is 1. The van der Waals surface area contributed by atoms with Crippen molar-refractivity contribution in [2.75, 3.05) is 5.32 Å². The van der Waals surface area contributed by atoms with Crippen LogP contribution in [-0.4, -0.2) is 17.6 Å². The Bertz CT molecular complexity index is 575. The smallest absolute Gasteiger partial charge is 0.416 e. The molecule has 0 aliphatic heterocycles. The molecule has 0 heterocycles. The van der Waals surface area contributed by atoms with E-state index in [1.807, 2.05) is 13.8 Å². The van der Waals surface area contributed by atoms with Crippen LogP contribution in [-0.2, 0) is 15.7 Å². The maximum absolute atomic E-state index is 13.0. The van der Waals surface area contributed by atoms with Crippen LogP contribution in [0.25, 0.3) is 0 Å².